The number of carboxylic acids is 1. The number of piperidine rings is 1. The lowest BCUT2D eigenvalue weighted by Gasteiger charge is -2.44. The van der Waals surface area contributed by atoms with Crippen LogP contribution >= 0.6 is 0 Å². The van der Waals surface area contributed by atoms with Crippen molar-refractivity contribution in [2.24, 2.45) is 0 Å². The fourth-order valence-electron chi connectivity index (χ4n) is 4.26. The Balaban J connectivity index is 1.50. The van der Waals surface area contributed by atoms with Gasteiger partial charge in [-0.05, 0) is 18.2 Å². The predicted octanol–water partition coefficient (Wildman–Crippen LogP) is 2.09. The Bertz CT molecular complexity index is 1000. The van der Waals surface area contributed by atoms with Crippen LogP contribution in [0.2, 0.25) is 0 Å². The molecule has 8 heteroatoms. The molecule has 1 spiro atoms. The van der Waals surface area contributed by atoms with E-state index >= 15 is 0 Å². The fourth-order valence-corrected chi connectivity index (χ4v) is 4.26. The summed E-state index contributed by atoms with van der Waals surface area (Å²) in [6.45, 7) is 1.06. The van der Waals surface area contributed by atoms with Gasteiger partial charge < -0.3 is 14.9 Å². The standard InChI is InChI=1S/C22H22FN3O4/c23-18-8-4-1-5-15(18)14-26-19(27)13-24-22(26)9-11-25(12-10-22)20(28)16-6-2-3-7-17(16)21(29)30/h1-8,24H,9-14H2,(H,29,30). The van der Waals surface area contributed by atoms with Crippen LogP contribution in [0, 0.1) is 5.82 Å². The third kappa shape index (κ3) is 3.54. The number of hydrogen-bond donors (Lipinski definition) is 2. The van der Waals surface area contributed by atoms with Crippen LogP contribution < -0.4 is 5.32 Å². The fraction of sp³-hybridized carbons (Fsp3) is 0.318. The van der Waals surface area contributed by atoms with E-state index in [0.717, 1.165) is 0 Å². The molecule has 2 heterocycles. The van der Waals surface area contributed by atoms with Crippen molar-refractivity contribution in [2.75, 3.05) is 19.6 Å². The van der Waals surface area contributed by atoms with Crippen molar-refractivity contribution in [2.45, 2.75) is 25.0 Å². The lowest BCUT2D eigenvalue weighted by atomic mass is 9.94. The van der Waals surface area contributed by atoms with Crippen LogP contribution in [0.15, 0.2) is 48.5 Å². The number of nitrogens with one attached hydrogen (secondary N) is 1. The zero-order chi connectivity index (χ0) is 21.3. The van der Waals surface area contributed by atoms with Gasteiger partial charge in [0.25, 0.3) is 5.91 Å². The van der Waals surface area contributed by atoms with E-state index in [1.807, 2.05) is 0 Å². The number of aromatic carboxylic acids is 1. The smallest absolute Gasteiger partial charge is 0.336 e. The Hall–Kier alpha value is -3.26. The van der Waals surface area contributed by atoms with Crippen LogP contribution in [0.3, 0.4) is 0 Å². The number of amides is 2. The summed E-state index contributed by atoms with van der Waals surface area (Å²) < 4.78 is 14.1. The van der Waals surface area contributed by atoms with Crippen LogP contribution in [0.25, 0.3) is 0 Å². The topological polar surface area (TPSA) is 90.0 Å². The van der Waals surface area contributed by atoms with Crippen LogP contribution in [-0.4, -0.2) is 58.0 Å². The van der Waals surface area contributed by atoms with Crippen LogP contribution in [0.4, 0.5) is 4.39 Å². The average Bonchev–Trinajstić information content (AvgIpc) is 3.05. The molecule has 0 atom stereocenters. The van der Waals surface area contributed by atoms with Gasteiger partial charge in [0.2, 0.25) is 5.91 Å². The maximum absolute atomic E-state index is 14.1. The maximum Gasteiger partial charge on any atom is 0.336 e. The zero-order valence-corrected chi connectivity index (χ0v) is 16.3. The van der Waals surface area contributed by atoms with Gasteiger partial charge >= 0.3 is 5.97 Å². The van der Waals surface area contributed by atoms with Crippen molar-refractivity contribution in [1.29, 1.82) is 0 Å². The van der Waals surface area contributed by atoms with E-state index in [-0.39, 0.29) is 41.8 Å². The zero-order valence-electron chi connectivity index (χ0n) is 16.3. The molecule has 2 aliphatic heterocycles. The van der Waals surface area contributed by atoms with Gasteiger partial charge in [0, 0.05) is 31.5 Å². The molecule has 4 rings (SSSR count). The highest BCUT2D eigenvalue weighted by molar-refractivity contribution is 6.04. The first kappa shape index (κ1) is 20.0. The monoisotopic (exact) mass is 411 g/mol. The Kier molecular flexibility index (Phi) is 5.26. The van der Waals surface area contributed by atoms with Crippen molar-refractivity contribution in [1.82, 2.24) is 15.1 Å². The molecule has 2 aromatic rings. The molecule has 2 aliphatic rings. The molecular formula is C22H22FN3O4. The summed E-state index contributed by atoms with van der Waals surface area (Å²) in [5.74, 6) is -1.95. The molecule has 0 radical (unpaired) electrons. The first-order chi connectivity index (χ1) is 14.4. The number of hydrogen-bond acceptors (Lipinski definition) is 4. The highest BCUT2D eigenvalue weighted by atomic mass is 19.1. The number of carbonyl (C=O) groups is 3. The first-order valence-electron chi connectivity index (χ1n) is 9.82. The minimum absolute atomic E-state index is 0.0295. The average molecular weight is 411 g/mol. The minimum Gasteiger partial charge on any atom is -0.478 e. The van der Waals surface area contributed by atoms with Gasteiger partial charge in [-0.25, -0.2) is 9.18 Å². The van der Waals surface area contributed by atoms with Crippen molar-refractivity contribution < 1.29 is 23.9 Å². The number of carbonyl (C=O) groups excluding carboxylic acids is 2. The van der Waals surface area contributed by atoms with Gasteiger partial charge in [-0.1, -0.05) is 30.3 Å². The summed E-state index contributed by atoms with van der Waals surface area (Å²) in [4.78, 5) is 40.1. The van der Waals surface area contributed by atoms with E-state index in [2.05, 4.69) is 5.32 Å². The van der Waals surface area contributed by atoms with Crippen LogP contribution in [0.1, 0.15) is 39.1 Å². The third-order valence-electron chi connectivity index (χ3n) is 5.94. The SMILES string of the molecule is O=C(O)c1ccccc1C(=O)N1CCC2(CC1)NCC(=O)N2Cc1ccccc1F. The molecule has 156 valence electrons. The highest BCUT2D eigenvalue weighted by Crippen LogP contribution is 2.32. The maximum atomic E-state index is 14.1. The Morgan fingerprint density at radius 3 is 2.33 bits per heavy atom. The Morgan fingerprint density at radius 2 is 1.67 bits per heavy atom. The normalized spacial score (nSPS) is 18.1. The summed E-state index contributed by atoms with van der Waals surface area (Å²) >= 11 is 0. The Morgan fingerprint density at radius 1 is 1.03 bits per heavy atom. The summed E-state index contributed by atoms with van der Waals surface area (Å²) in [6, 6.07) is 12.5. The van der Waals surface area contributed by atoms with Crippen molar-refractivity contribution in [3.63, 3.8) is 0 Å². The van der Waals surface area contributed by atoms with Gasteiger partial charge in [-0.2, -0.15) is 0 Å². The molecule has 0 unspecified atom stereocenters. The van der Waals surface area contributed by atoms with Crippen LogP contribution in [0.5, 0.6) is 0 Å². The van der Waals surface area contributed by atoms with Crippen molar-refractivity contribution in [3.8, 4) is 0 Å². The van der Waals surface area contributed by atoms with E-state index in [0.29, 0.717) is 31.5 Å². The third-order valence-corrected chi connectivity index (χ3v) is 5.94. The van der Waals surface area contributed by atoms with E-state index in [1.54, 1.807) is 40.1 Å². The first-order valence-corrected chi connectivity index (χ1v) is 9.82. The molecule has 2 N–H and O–H groups in total. The molecule has 0 bridgehead atoms. The van der Waals surface area contributed by atoms with Crippen molar-refractivity contribution >= 4 is 17.8 Å². The number of nitrogens with zero attached hydrogens (tertiary/aromatic N) is 2. The molecule has 30 heavy (non-hydrogen) atoms. The van der Waals surface area contributed by atoms with Gasteiger partial charge in [0.05, 0.1) is 29.9 Å². The second-order valence-corrected chi connectivity index (χ2v) is 7.60. The van der Waals surface area contributed by atoms with Gasteiger partial charge in [-0.3, -0.25) is 14.9 Å². The molecule has 2 amide bonds. The molecule has 0 aromatic heterocycles. The van der Waals surface area contributed by atoms with Gasteiger partial charge in [0.1, 0.15) is 5.82 Å². The molecule has 7 nitrogen and oxygen atoms in total. The van der Waals surface area contributed by atoms with E-state index in [4.69, 9.17) is 0 Å². The molecular weight excluding hydrogens is 389 g/mol. The number of carboxylic acid groups (broad SMARTS) is 1. The number of likely N-dealkylation sites (tertiary alicyclic amines) is 1. The van der Waals surface area contributed by atoms with E-state index < -0.39 is 11.6 Å². The summed E-state index contributed by atoms with van der Waals surface area (Å²) in [5.41, 5.74) is -0.0665. The molecule has 2 aromatic carbocycles. The summed E-state index contributed by atoms with van der Waals surface area (Å²) in [6.07, 6.45) is 0.961. The lowest BCUT2D eigenvalue weighted by molar-refractivity contribution is -0.132. The Labute approximate surface area is 173 Å². The van der Waals surface area contributed by atoms with Crippen LogP contribution in [-0.2, 0) is 11.3 Å². The summed E-state index contributed by atoms with van der Waals surface area (Å²) in [5, 5.41) is 12.6. The molecule has 2 saturated heterocycles. The second-order valence-electron chi connectivity index (χ2n) is 7.60. The van der Waals surface area contributed by atoms with Gasteiger partial charge in [0.15, 0.2) is 0 Å². The second kappa shape index (κ2) is 7.87. The minimum atomic E-state index is -1.15. The lowest BCUT2D eigenvalue weighted by Crippen LogP contribution is -2.59. The number of rotatable bonds is 4. The number of halogens is 1. The van der Waals surface area contributed by atoms with E-state index in [9.17, 15) is 23.9 Å². The van der Waals surface area contributed by atoms with Gasteiger partial charge in [-0.15, -0.1) is 0 Å². The van der Waals surface area contributed by atoms with Crippen molar-refractivity contribution in [3.05, 3.63) is 71.0 Å². The highest BCUT2D eigenvalue weighted by Gasteiger charge is 2.47. The molecule has 0 saturated carbocycles. The predicted molar refractivity (Wildman–Crippen MR) is 106 cm³/mol. The largest absolute Gasteiger partial charge is 0.478 e. The van der Waals surface area contributed by atoms with E-state index in [1.165, 1.54) is 18.2 Å². The molecule has 2 fully saturated rings. The summed E-state index contributed by atoms with van der Waals surface area (Å²) in [7, 11) is 0. The number of benzene rings is 2. The molecule has 0 aliphatic carbocycles. The quantitative estimate of drug-likeness (QED) is 0.804.